The van der Waals surface area contributed by atoms with Gasteiger partial charge in [-0.25, -0.2) is 9.67 Å². The summed E-state index contributed by atoms with van der Waals surface area (Å²) in [6, 6.07) is 20.4. The van der Waals surface area contributed by atoms with Crippen molar-refractivity contribution in [2.45, 2.75) is 13.8 Å². The summed E-state index contributed by atoms with van der Waals surface area (Å²) in [5, 5.41) is 7.96. The number of aromatic nitrogens is 3. The number of carbonyl (C=O) groups excluding carboxylic acids is 1. The Hall–Kier alpha value is -3.64. The van der Waals surface area contributed by atoms with Crippen molar-refractivity contribution < 1.29 is 9.53 Å². The number of methoxy groups -OCH3 is 1. The van der Waals surface area contributed by atoms with Crippen LogP contribution in [0.1, 0.15) is 21.7 Å². The molecule has 0 saturated carbocycles. The Morgan fingerprint density at radius 2 is 1.81 bits per heavy atom. The van der Waals surface area contributed by atoms with Gasteiger partial charge in [0, 0.05) is 10.6 Å². The Balaban J connectivity index is 1.81. The molecule has 0 aliphatic carbocycles. The van der Waals surface area contributed by atoms with Gasteiger partial charge >= 0.3 is 0 Å². The second kappa shape index (κ2) is 8.62. The van der Waals surface area contributed by atoms with Crippen molar-refractivity contribution in [1.29, 1.82) is 0 Å². The van der Waals surface area contributed by atoms with Crippen LogP contribution in [-0.2, 0) is 0 Å². The fourth-order valence-electron chi connectivity index (χ4n) is 3.28. The van der Waals surface area contributed by atoms with E-state index in [4.69, 9.17) is 16.3 Å². The van der Waals surface area contributed by atoms with Crippen LogP contribution >= 0.6 is 11.6 Å². The molecule has 4 aromatic rings. The Labute approximate surface area is 185 Å². The van der Waals surface area contributed by atoms with Crippen LogP contribution in [0.25, 0.3) is 17.1 Å². The van der Waals surface area contributed by atoms with E-state index in [2.05, 4.69) is 15.4 Å². The molecular formula is C24H21ClN4O2. The van der Waals surface area contributed by atoms with E-state index in [0.29, 0.717) is 22.3 Å². The second-order valence-electron chi connectivity index (χ2n) is 7.05. The van der Waals surface area contributed by atoms with Gasteiger partial charge < -0.3 is 10.1 Å². The Bertz CT molecular complexity index is 1270. The van der Waals surface area contributed by atoms with Gasteiger partial charge in [-0.2, -0.15) is 0 Å². The summed E-state index contributed by atoms with van der Waals surface area (Å²) in [6.45, 7) is 4.05. The highest BCUT2D eigenvalue weighted by Gasteiger charge is 2.21. The van der Waals surface area contributed by atoms with E-state index in [-0.39, 0.29) is 5.82 Å². The number of carbonyl (C=O) groups is 1. The lowest BCUT2D eigenvalue weighted by atomic mass is 10.1. The van der Waals surface area contributed by atoms with E-state index in [1.807, 2.05) is 56.3 Å². The lowest BCUT2D eigenvalue weighted by molar-refractivity contribution is 0.101. The number of halogens is 1. The smallest absolute Gasteiger partial charge is 0.295 e. The van der Waals surface area contributed by atoms with Crippen LogP contribution in [-0.4, -0.2) is 27.8 Å². The number of hydrogen-bond acceptors (Lipinski definition) is 4. The van der Waals surface area contributed by atoms with Crippen molar-refractivity contribution in [3.8, 4) is 22.8 Å². The molecule has 0 aliphatic heterocycles. The summed E-state index contributed by atoms with van der Waals surface area (Å²) >= 11 is 6.21. The molecule has 4 rings (SSSR count). The van der Waals surface area contributed by atoms with Crippen LogP contribution in [0.3, 0.4) is 0 Å². The molecule has 6 nitrogen and oxygen atoms in total. The minimum absolute atomic E-state index is 0.0433. The van der Waals surface area contributed by atoms with Gasteiger partial charge in [-0.1, -0.05) is 48.0 Å². The normalized spacial score (nSPS) is 10.7. The Morgan fingerprint density at radius 3 is 2.58 bits per heavy atom. The van der Waals surface area contributed by atoms with Crippen LogP contribution in [0, 0.1) is 13.8 Å². The number of rotatable bonds is 5. The molecule has 1 heterocycles. The average molecular weight is 433 g/mol. The van der Waals surface area contributed by atoms with Gasteiger partial charge in [-0.15, -0.1) is 5.10 Å². The maximum Gasteiger partial charge on any atom is 0.295 e. The maximum absolute atomic E-state index is 13.0. The number of amides is 1. The summed E-state index contributed by atoms with van der Waals surface area (Å²) in [6.07, 6.45) is 0. The quantitative estimate of drug-likeness (QED) is 0.454. The van der Waals surface area contributed by atoms with E-state index >= 15 is 0 Å². The van der Waals surface area contributed by atoms with Gasteiger partial charge in [0.2, 0.25) is 5.82 Å². The van der Waals surface area contributed by atoms with Crippen molar-refractivity contribution in [2.75, 3.05) is 12.4 Å². The zero-order valence-electron chi connectivity index (χ0n) is 17.4. The van der Waals surface area contributed by atoms with Gasteiger partial charge in [0.25, 0.3) is 5.91 Å². The topological polar surface area (TPSA) is 69.0 Å². The largest absolute Gasteiger partial charge is 0.495 e. The molecule has 0 saturated heterocycles. The summed E-state index contributed by atoms with van der Waals surface area (Å²) in [4.78, 5) is 17.6. The summed E-state index contributed by atoms with van der Waals surface area (Å²) in [7, 11) is 1.55. The minimum Gasteiger partial charge on any atom is -0.495 e. The standard InChI is InChI=1S/C24H21ClN4O2/c1-15-8-6-12-20(16(15)2)29-23(17-9-7-10-18(25)14-17)27-22(28-29)24(30)26-19-11-4-5-13-21(19)31-3/h4-14H,1-3H3,(H,26,30). The lowest BCUT2D eigenvalue weighted by Crippen LogP contribution is -2.15. The third-order valence-electron chi connectivity index (χ3n) is 5.05. The molecule has 0 unspecified atom stereocenters. The minimum atomic E-state index is -0.433. The number of ether oxygens (including phenoxy) is 1. The number of para-hydroxylation sites is 2. The van der Waals surface area contributed by atoms with Crippen molar-refractivity contribution in [2.24, 2.45) is 0 Å². The number of benzene rings is 3. The molecule has 0 aliphatic rings. The van der Waals surface area contributed by atoms with Crippen molar-refractivity contribution in [3.05, 3.63) is 88.7 Å². The van der Waals surface area contributed by atoms with Crippen LogP contribution < -0.4 is 10.1 Å². The van der Waals surface area contributed by atoms with Crippen LogP contribution in [0.5, 0.6) is 5.75 Å². The highest BCUT2D eigenvalue weighted by Crippen LogP contribution is 2.27. The highest BCUT2D eigenvalue weighted by molar-refractivity contribution is 6.30. The zero-order valence-corrected chi connectivity index (χ0v) is 18.1. The third-order valence-corrected chi connectivity index (χ3v) is 5.29. The second-order valence-corrected chi connectivity index (χ2v) is 7.49. The Kier molecular flexibility index (Phi) is 5.73. The maximum atomic E-state index is 13.0. The highest BCUT2D eigenvalue weighted by atomic mass is 35.5. The van der Waals surface area contributed by atoms with Gasteiger partial charge in [0.05, 0.1) is 18.5 Å². The number of nitrogens with one attached hydrogen (secondary N) is 1. The van der Waals surface area contributed by atoms with Gasteiger partial charge in [-0.3, -0.25) is 4.79 Å². The summed E-state index contributed by atoms with van der Waals surface area (Å²) < 4.78 is 7.00. The van der Waals surface area contributed by atoms with E-state index in [9.17, 15) is 4.79 Å². The summed E-state index contributed by atoms with van der Waals surface area (Å²) in [5.74, 6) is 0.694. The molecular weight excluding hydrogens is 412 g/mol. The summed E-state index contributed by atoms with van der Waals surface area (Å²) in [5.41, 5.74) is 4.32. The average Bonchev–Trinajstić information content (AvgIpc) is 3.21. The molecule has 0 atom stereocenters. The van der Waals surface area contributed by atoms with Crippen LogP contribution in [0.15, 0.2) is 66.7 Å². The molecule has 3 aromatic carbocycles. The van der Waals surface area contributed by atoms with E-state index < -0.39 is 5.91 Å². The predicted molar refractivity (Wildman–Crippen MR) is 122 cm³/mol. The molecule has 7 heteroatoms. The number of aryl methyl sites for hydroxylation is 1. The van der Waals surface area contributed by atoms with E-state index in [1.54, 1.807) is 36.1 Å². The van der Waals surface area contributed by atoms with Crippen molar-refractivity contribution in [3.63, 3.8) is 0 Å². The molecule has 0 fully saturated rings. The van der Waals surface area contributed by atoms with Crippen molar-refractivity contribution >= 4 is 23.2 Å². The molecule has 156 valence electrons. The van der Waals surface area contributed by atoms with E-state index in [0.717, 1.165) is 22.4 Å². The zero-order chi connectivity index (χ0) is 22.0. The van der Waals surface area contributed by atoms with Crippen LogP contribution in [0.4, 0.5) is 5.69 Å². The monoisotopic (exact) mass is 432 g/mol. The molecule has 0 bridgehead atoms. The first-order valence-electron chi connectivity index (χ1n) is 9.72. The number of nitrogens with zero attached hydrogens (tertiary/aromatic N) is 3. The van der Waals surface area contributed by atoms with Crippen LogP contribution in [0.2, 0.25) is 5.02 Å². The fourth-order valence-corrected chi connectivity index (χ4v) is 3.47. The van der Waals surface area contributed by atoms with Gasteiger partial charge in [-0.05, 0) is 55.3 Å². The number of anilines is 1. The first-order valence-corrected chi connectivity index (χ1v) is 10.1. The van der Waals surface area contributed by atoms with Gasteiger partial charge in [0.1, 0.15) is 5.75 Å². The molecule has 1 amide bonds. The van der Waals surface area contributed by atoms with Gasteiger partial charge in [0.15, 0.2) is 5.82 Å². The number of hydrogen-bond donors (Lipinski definition) is 1. The first-order chi connectivity index (χ1) is 15.0. The molecule has 0 spiro atoms. The van der Waals surface area contributed by atoms with Crippen molar-refractivity contribution in [1.82, 2.24) is 14.8 Å². The third kappa shape index (κ3) is 4.15. The molecule has 31 heavy (non-hydrogen) atoms. The van der Waals surface area contributed by atoms with E-state index in [1.165, 1.54) is 0 Å². The molecule has 1 N–H and O–H groups in total. The predicted octanol–water partition coefficient (Wildman–Crippen LogP) is 5.47. The molecule has 1 aromatic heterocycles. The lowest BCUT2D eigenvalue weighted by Gasteiger charge is -2.11. The fraction of sp³-hybridized carbons (Fsp3) is 0.125. The molecule has 0 radical (unpaired) electrons. The SMILES string of the molecule is COc1ccccc1NC(=O)c1nc(-c2cccc(Cl)c2)n(-c2cccc(C)c2C)n1. The first kappa shape index (κ1) is 20.6. The Morgan fingerprint density at radius 1 is 1.03 bits per heavy atom.